The maximum atomic E-state index is 11.0. The molecule has 17 heavy (non-hydrogen) atoms. The lowest BCUT2D eigenvalue weighted by atomic mass is 9.83. The third-order valence-corrected chi connectivity index (χ3v) is 2.83. The second-order valence-corrected chi connectivity index (χ2v) is 3.94. The zero-order chi connectivity index (χ0) is 13.2. The van der Waals surface area contributed by atoms with E-state index < -0.39 is 23.5 Å². The molecule has 2 atom stereocenters. The van der Waals surface area contributed by atoms with Gasteiger partial charge in [-0.15, -0.1) is 0 Å². The van der Waals surface area contributed by atoms with Crippen molar-refractivity contribution in [2.75, 3.05) is 0 Å². The second kappa shape index (κ2) is 4.50. The summed E-state index contributed by atoms with van der Waals surface area (Å²) >= 11 is 0. The van der Waals surface area contributed by atoms with E-state index in [0.29, 0.717) is 0 Å². The predicted molar refractivity (Wildman–Crippen MR) is 57.9 cm³/mol. The van der Waals surface area contributed by atoms with Crippen molar-refractivity contribution in [2.24, 2.45) is 0 Å². The Hall–Kier alpha value is -1.95. The minimum Gasteiger partial charge on any atom is -0.479 e. The first-order valence-electron chi connectivity index (χ1n) is 4.91. The van der Waals surface area contributed by atoms with Gasteiger partial charge in [0.15, 0.2) is 5.60 Å². The maximum Gasteiger partial charge on any atom is 0.337 e. The number of hydrogen-bond acceptors (Lipinski definition) is 4. The van der Waals surface area contributed by atoms with E-state index in [4.69, 9.17) is 10.2 Å². The van der Waals surface area contributed by atoms with E-state index in [1.54, 1.807) is 0 Å². The molecule has 6 nitrogen and oxygen atoms in total. The molecular weight excluding hydrogens is 226 g/mol. The van der Waals surface area contributed by atoms with Crippen LogP contribution in [0, 0.1) is 0 Å². The molecule has 0 aliphatic heterocycles. The van der Waals surface area contributed by atoms with E-state index in [9.17, 15) is 14.7 Å². The molecule has 3 N–H and O–H groups in total. The Morgan fingerprint density at radius 1 is 1.41 bits per heavy atom. The van der Waals surface area contributed by atoms with Gasteiger partial charge in [0.2, 0.25) is 0 Å². The fraction of sp³-hybridized carbons (Fsp3) is 0.364. The first kappa shape index (κ1) is 13.1. The van der Waals surface area contributed by atoms with E-state index in [-0.39, 0.29) is 11.1 Å². The number of carboxylic acids is 2. The van der Waals surface area contributed by atoms with Gasteiger partial charge in [-0.05, 0) is 18.6 Å². The highest BCUT2D eigenvalue weighted by Gasteiger charge is 2.39. The number of nitrogens with zero attached hydrogens (tertiary/aromatic N) is 1. The molecule has 0 spiro atoms. The molecule has 0 radical (unpaired) electrons. The van der Waals surface area contributed by atoms with Gasteiger partial charge < -0.3 is 15.3 Å². The molecule has 1 aromatic rings. The summed E-state index contributed by atoms with van der Waals surface area (Å²) < 4.78 is 0. The quantitative estimate of drug-likeness (QED) is 0.714. The fourth-order valence-corrected chi connectivity index (χ4v) is 1.45. The molecular formula is C11H13NO5. The van der Waals surface area contributed by atoms with Crippen LogP contribution >= 0.6 is 0 Å². The smallest absolute Gasteiger partial charge is 0.337 e. The molecule has 92 valence electrons. The summed E-state index contributed by atoms with van der Waals surface area (Å²) in [6.45, 7) is 2.59. The molecule has 0 saturated carbocycles. The molecule has 0 unspecified atom stereocenters. The van der Waals surface area contributed by atoms with Gasteiger partial charge in [0.25, 0.3) is 0 Å². The maximum absolute atomic E-state index is 11.0. The minimum atomic E-state index is -2.04. The number of aliphatic carboxylic acids is 1. The fourth-order valence-electron chi connectivity index (χ4n) is 1.45. The summed E-state index contributed by atoms with van der Waals surface area (Å²) in [5.74, 6) is -3.48. The third kappa shape index (κ3) is 2.42. The van der Waals surface area contributed by atoms with Crippen LogP contribution in [0.5, 0.6) is 0 Å². The van der Waals surface area contributed by atoms with Crippen LogP contribution in [-0.2, 0) is 4.79 Å². The molecule has 0 bridgehead atoms. The highest BCUT2D eigenvalue weighted by molar-refractivity contribution is 5.90. The first-order valence-corrected chi connectivity index (χ1v) is 4.91. The van der Waals surface area contributed by atoms with E-state index in [1.807, 2.05) is 0 Å². The van der Waals surface area contributed by atoms with Crippen molar-refractivity contribution in [1.29, 1.82) is 0 Å². The molecule has 0 aliphatic carbocycles. The summed E-state index contributed by atoms with van der Waals surface area (Å²) in [7, 11) is 0. The van der Waals surface area contributed by atoms with Crippen LogP contribution in [0.25, 0.3) is 0 Å². The third-order valence-electron chi connectivity index (χ3n) is 2.83. The van der Waals surface area contributed by atoms with Crippen LogP contribution in [0.4, 0.5) is 0 Å². The van der Waals surface area contributed by atoms with Crippen molar-refractivity contribution in [1.82, 2.24) is 4.98 Å². The number of rotatable bonds is 4. The highest BCUT2D eigenvalue weighted by atomic mass is 16.4. The summed E-state index contributed by atoms with van der Waals surface area (Å²) in [4.78, 5) is 25.5. The SMILES string of the molecule is C[C@@H](c1ccncc1C(=O)O)[C@@](C)(O)C(=O)O. The Balaban J connectivity index is 3.26. The van der Waals surface area contributed by atoms with Crippen molar-refractivity contribution < 1.29 is 24.9 Å². The normalized spacial score (nSPS) is 15.9. The molecule has 0 saturated heterocycles. The number of carboxylic acid groups (broad SMARTS) is 2. The lowest BCUT2D eigenvalue weighted by Gasteiger charge is -2.26. The average molecular weight is 239 g/mol. The van der Waals surface area contributed by atoms with Gasteiger partial charge in [0.05, 0.1) is 5.56 Å². The summed E-state index contributed by atoms with van der Waals surface area (Å²) in [5, 5.41) is 27.6. The Morgan fingerprint density at radius 3 is 2.47 bits per heavy atom. The summed E-state index contributed by atoms with van der Waals surface area (Å²) in [5.41, 5.74) is -1.91. The monoisotopic (exact) mass is 239 g/mol. The number of aromatic carboxylic acids is 1. The van der Waals surface area contributed by atoms with Gasteiger partial charge in [-0.2, -0.15) is 0 Å². The van der Waals surface area contributed by atoms with E-state index in [1.165, 1.54) is 19.2 Å². The van der Waals surface area contributed by atoms with Gasteiger partial charge >= 0.3 is 11.9 Å². The summed E-state index contributed by atoms with van der Waals surface area (Å²) in [6, 6.07) is 1.39. The number of aliphatic hydroxyl groups is 1. The van der Waals surface area contributed by atoms with Gasteiger partial charge in [-0.3, -0.25) is 4.98 Å². The zero-order valence-electron chi connectivity index (χ0n) is 9.41. The number of carbonyl (C=O) groups is 2. The Morgan fingerprint density at radius 2 is 2.00 bits per heavy atom. The van der Waals surface area contributed by atoms with Crippen LogP contribution in [0.2, 0.25) is 0 Å². The highest BCUT2D eigenvalue weighted by Crippen LogP contribution is 2.30. The van der Waals surface area contributed by atoms with Crippen LogP contribution in [0.3, 0.4) is 0 Å². The number of pyridine rings is 1. The first-order chi connectivity index (χ1) is 7.78. The molecule has 6 heteroatoms. The average Bonchev–Trinajstić information content (AvgIpc) is 2.27. The lowest BCUT2D eigenvalue weighted by molar-refractivity contribution is -0.158. The topological polar surface area (TPSA) is 108 Å². The van der Waals surface area contributed by atoms with Gasteiger partial charge in [0.1, 0.15) is 0 Å². The molecule has 0 aliphatic rings. The predicted octanol–water partition coefficient (Wildman–Crippen LogP) is 0.719. The van der Waals surface area contributed by atoms with Gasteiger partial charge in [-0.1, -0.05) is 6.92 Å². The molecule has 0 aromatic carbocycles. The van der Waals surface area contributed by atoms with Crippen molar-refractivity contribution in [3.8, 4) is 0 Å². The summed E-state index contributed by atoms with van der Waals surface area (Å²) in [6.07, 6.45) is 2.49. The van der Waals surface area contributed by atoms with Crippen molar-refractivity contribution >= 4 is 11.9 Å². The molecule has 0 fully saturated rings. The second-order valence-electron chi connectivity index (χ2n) is 3.94. The van der Waals surface area contributed by atoms with E-state index >= 15 is 0 Å². The molecule has 1 heterocycles. The molecule has 1 rings (SSSR count). The Bertz CT molecular complexity index is 455. The Kier molecular flexibility index (Phi) is 3.47. The van der Waals surface area contributed by atoms with Crippen LogP contribution < -0.4 is 0 Å². The van der Waals surface area contributed by atoms with E-state index in [0.717, 1.165) is 13.1 Å². The van der Waals surface area contributed by atoms with Crippen molar-refractivity contribution in [2.45, 2.75) is 25.4 Å². The van der Waals surface area contributed by atoms with Crippen LogP contribution in [0.15, 0.2) is 18.5 Å². The van der Waals surface area contributed by atoms with E-state index in [2.05, 4.69) is 4.98 Å². The largest absolute Gasteiger partial charge is 0.479 e. The number of aromatic nitrogens is 1. The zero-order valence-corrected chi connectivity index (χ0v) is 9.41. The van der Waals surface area contributed by atoms with Crippen LogP contribution in [0.1, 0.15) is 35.7 Å². The standard InChI is InChI=1S/C11H13NO5/c1-6(11(2,17)10(15)16)7-3-4-12-5-8(7)9(13)14/h3-6,17H,1-2H3,(H,13,14)(H,15,16)/t6-,11+/m0/s1. The molecule has 0 amide bonds. The van der Waals surface area contributed by atoms with Gasteiger partial charge in [-0.25, -0.2) is 9.59 Å². The number of hydrogen-bond donors (Lipinski definition) is 3. The molecule has 1 aromatic heterocycles. The minimum absolute atomic E-state index is 0.110. The van der Waals surface area contributed by atoms with Crippen LogP contribution in [-0.4, -0.2) is 37.8 Å². The van der Waals surface area contributed by atoms with Gasteiger partial charge in [0, 0.05) is 18.3 Å². The van der Waals surface area contributed by atoms with Crippen molar-refractivity contribution in [3.05, 3.63) is 29.6 Å². The Labute approximate surface area is 97.5 Å². The van der Waals surface area contributed by atoms with Crippen molar-refractivity contribution in [3.63, 3.8) is 0 Å². The lowest BCUT2D eigenvalue weighted by Crippen LogP contribution is -2.40.